The molecule has 0 aliphatic carbocycles. The molecular formula is C16H18BrNO2. The highest BCUT2D eigenvalue weighted by atomic mass is 79.9. The van der Waals surface area contributed by atoms with Gasteiger partial charge in [-0.25, -0.2) is 4.79 Å². The molecule has 106 valence electrons. The first-order valence-electron chi connectivity index (χ1n) is 6.65. The van der Waals surface area contributed by atoms with E-state index in [1.807, 2.05) is 61.7 Å². The standard InChI is InChI=1S/C16H18BrNO2/c1-4-20-16(19)12(3)18-11(2)5-10-15(18)13-6-8-14(17)9-7-13/h5-10,12H,4H2,1-3H3/t12-/m1/s1. The number of carbonyl (C=O) groups excluding carboxylic acids is 1. The second-order valence-electron chi connectivity index (χ2n) is 4.66. The van der Waals surface area contributed by atoms with Crippen LogP contribution < -0.4 is 0 Å². The minimum atomic E-state index is -0.330. The normalized spacial score (nSPS) is 12.2. The topological polar surface area (TPSA) is 31.2 Å². The first-order valence-corrected chi connectivity index (χ1v) is 7.44. The molecule has 1 heterocycles. The van der Waals surface area contributed by atoms with Gasteiger partial charge in [0.1, 0.15) is 6.04 Å². The van der Waals surface area contributed by atoms with Crippen LogP contribution in [0.2, 0.25) is 0 Å². The SMILES string of the molecule is CCOC(=O)[C@@H](C)n1c(C)ccc1-c1ccc(Br)cc1. The van der Waals surface area contributed by atoms with Crippen molar-refractivity contribution >= 4 is 21.9 Å². The highest BCUT2D eigenvalue weighted by Gasteiger charge is 2.20. The first kappa shape index (κ1) is 14.9. The fourth-order valence-corrected chi connectivity index (χ4v) is 2.55. The summed E-state index contributed by atoms with van der Waals surface area (Å²) in [5.41, 5.74) is 3.15. The Morgan fingerprint density at radius 3 is 2.50 bits per heavy atom. The van der Waals surface area contributed by atoms with Gasteiger partial charge in [-0.05, 0) is 50.6 Å². The number of rotatable bonds is 4. The van der Waals surface area contributed by atoms with Crippen LogP contribution in [0, 0.1) is 6.92 Å². The van der Waals surface area contributed by atoms with Crippen molar-refractivity contribution < 1.29 is 9.53 Å². The number of nitrogens with zero attached hydrogens (tertiary/aromatic N) is 1. The number of hydrogen-bond donors (Lipinski definition) is 0. The summed E-state index contributed by atoms with van der Waals surface area (Å²) in [5, 5.41) is 0. The van der Waals surface area contributed by atoms with E-state index in [0.717, 1.165) is 21.4 Å². The summed E-state index contributed by atoms with van der Waals surface area (Å²) in [6.07, 6.45) is 0. The second-order valence-corrected chi connectivity index (χ2v) is 5.58. The van der Waals surface area contributed by atoms with Crippen LogP contribution in [0.4, 0.5) is 0 Å². The number of hydrogen-bond acceptors (Lipinski definition) is 2. The van der Waals surface area contributed by atoms with Gasteiger partial charge in [0, 0.05) is 15.9 Å². The molecule has 2 rings (SSSR count). The van der Waals surface area contributed by atoms with Gasteiger partial charge < -0.3 is 9.30 Å². The van der Waals surface area contributed by atoms with E-state index < -0.39 is 0 Å². The number of benzene rings is 1. The lowest BCUT2D eigenvalue weighted by molar-refractivity contribution is -0.146. The van der Waals surface area contributed by atoms with Gasteiger partial charge >= 0.3 is 5.97 Å². The Morgan fingerprint density at radius 2 is 1.90 bits per heavy atom. The molecule has 4 heteroatoms. The lowest BCUT2D eigenvalue weighted by atomic mass is 10.1. The monoisotopic (exact) mass is 335 g/mol. The minimum absolute atomic E-state index is 0.204. The summed E-state index contributed by atoms with van der Waals surface area (Å²) in [6.45, 7) is 6.09. The Balaban J connectivity index is 2.41. The maximum atomic E-state index is 12.0. The zero-order valence-electron chi connectivity index (χ0n) is 11.9. The Kier molecular flexibility index (Phi) is 4.65. The van der Waals surface area contributed by atoms with Gasteiger partial charge in [-0.15, -0.1) is 0 Å². The Hall–Kier alpha value is -1.55. The molecule has 0 spiro atoms. The van der Waals surface area contributed by atoms with E-state index in [9.17, 15) is 4.79 Å². The molecule has 0 N–H and O–H groups in total. The molecular weight excluding hydrogens is 318 g/mol. The molecule has 1 aromatic heterocycles. The zero-order chi connectivity index (χ0) is 14.7. The van der Waals surface area contributed by atoms with Crippen molar-refractivity contribution in [2.45, 2.75) is 26.8 Å². The fourth-order valence-electron chi connectivity index (χ4n) is 2.29. The average molecular weight is 336 g/mol. The van der Waals surface area contributed by atoms with E-state index >= 15 is 0 Å². The van der Waals surface area contributed by atoms with Crippen molar-refractivity contribution in [3.05, 3.63) is 46.6 Å². The lowest BCUT2D eigenvalue weighted by Gasteiger charge is -2.18. The third kappa shape index (κ3) is 2.96. The molecule has 2 aromatic rings. The second kappa shape index (κ2) is 6.27. The average Bonchev–Trinajstić information content (AvgIpc) is 2.81. The molecule has 0 unspecified atom stereocenters. The number of ether oxygens (including phenoxy) is 1. The van der Waals surface area contributed by atoms with Gasteiger partial charge in [0.25, 0.3) is 0 Å². The Morgan fingerprint density at radius 1 is 1.25 bits per heavy atom. The van der Waals surface area contributed by atoms with Crippen LogP contribution >= 0.6 is 15.9 Å². The van der Waals surface area contributed by atoms with Crippen LogP contribution in [-0.2, 0) is 9.53 Å². The minimum Gasteiger partial charge on any atom is -0.464 e. The first-order chi connectivity index (χ1) is 9.54. The number of carbonyl (C=O) groups is 1. The Bertz CT molecular complexity index is 601. The molecule has 0 aliphatic rings. The van der Waals surface area contributed by atoms with Gasteiger partial charge in [0.15, 0.2) is 0 Å². The predicted octanol–water partition coefficient (Wildman–Crippen LogP) is 4.35. The van der Waals surface area contributed by atoms with Crippen LogP contribution in [0.15, 0.2) is 40.9 Å². The summed E-state index contributed by atoms with van der Waals surface area (Å²) in [5.74, 6) is -0.204. The molecule has 0 fully saturated rings. The van der Waals surface area contributed by atoms with Gasteiger partial charge in [0.05, 0.1) is 6.61 Å². The molecule has 0 radical (unpaired) electrons. The quantitative estimate of drug-likeness (QED) is 0.777. The maximum absolute atomic E-state index is 12.0. The van der Waals surface area contributed by atoms with Gasteiger partial charge in [-0.1, -0.05) is 28.1 Å². The van der Waals surface area contributed by atoms with Crippen molar-refractivity contribution in [1.29, 1.82) is 0 Å². The van der Waals surface area contributed by atoms with E-state index in [-0.39, 0.29) is 12.0 Å². The number of halogens is 1. The van der Waals surface area contributed by atoms with Crippen LogP contribution in [0.1, 0.15) is 25.6 Å². The number of aryl methyl sites for hydroxylation is 1. The van der Waals surface area contributed by atoms with E-state index in [0.29, 0.717) is 6.61 Å². The summed E-state index contributed by atoms with van der Waals surface area (Å²) < 4.78 is 8.18. The highest BCUT2D eigenvalue weighted by molar-refractivity contribution is 9.10. The van der Waals surface area contributed by atoms with Crippen molar-refractivity contribution in [3.8, 4) is 11.3 Å². The van der Waals surface area contributed by atoms with E-state index in [1.165, 1.54) is 0 Å². The summed E-state index contributed by atoms with van der Waals surface area (Å²) >= 11 is 3.43. The highest BCUT2D eigenvalue weighted by Crippen LogP contribution is 2.27. The molecule has 0 saturated carbocycles. The van der Waals surface area contributed by atoms with Crippen molar-refractivity contribution in [1.82, 2.24) is 4.57 Å². The smallest absolute Gasteiger partial charge is 0.328 e. The van der Waals surface area contributed by atoms with Crippen LogP contribution in [-0.4, -0.2) is 17.1 Å². The molecule has 20 heavy (non-hydrogen) atoms. The van der Waals surface area contributed by atoms with Crippen molar-refractivity contribution in [2.75, 3.05) is 6.61 Å². The third-order valence-electron chi connectivity index (χ3n) is 3.28. The van der Waals surface area contributed by atoms with Gasteiger partial charge in [-0.2, -0.15) is 0 Å². The van der Waals surface area contributed by atoms with Gasteiger partial charge in [0.2, 0.25) is 0 Å². The molecule has 1 aromatic carbocycles. The fraction of sp³-hybridized carbons (Fsp3) is 0.312. The van der Waals surface area contributed by atoms with Gasteiger partial charge in [-0.3, -0.25) is 0 Å². The third-order valence-corrected chi connectivity index (χ3v) is 3.81. The number of esters is 1. The Labute approximate surface area is 127 Å². The zero-order valence-corrected chi connectivity index (χ0v) is 13.5. The van der Waals surface area contributed by atoms with Crippen LogP contribution in [0.25, 0.3) is 11.3 Å². The lowest BCUT2D eigenvalue weighted by Crippen LogP contribution is -2.20. The van der Waals surface area contributed by atoms with E-state index in [2.05, 4.69) is 15.9 Å². The summed E-state index contributed by atoms with van der Waals surface area (Å²) in [7, 11) is 0. The summed E-state index contributed by atoms with van der Waals surface area (Å²) in [4.78, 5) is 12.0. The number of aromatic nitrogens is 1. The summed E-state index contributed by atoms with van der Waals surface area (Å²) in [6, 6.07) is 11.8. The molecule has 0 aliphatic heterocycles. The molecule has 0 bridgehead atoms. The largest absolute Gasteiger partial charge is 0.464 e. The molecule has 0 amide bonds. The van der Waals surface area contributed by atoms with E-state index in [4.69, 9.17) is 4.74 Å². The maximum Gasteiger partial charge on any atom is 0.328 e. The predicted molar refractivity (Wildman–Crippen MR) is 83.6 cm³/mol. The van der Waals surface area contributed by atoms with E-state index in [1.54, 1.807) is 0 Å². The molecule has 3 nitrogen and oxygen atoms in total. The van der Waals surface area contributed by atoms with Crippen molar-refractivity contribution in [3.63, 3.8) is 0 Å². The molecule has 1 atom stereocenters. The van der Waals surface area contributed by atoms with Crippen molar-refractivity contribution in [2.24, 2.45) is 0 Å². The molecule has 0 saturated heterocycles. The van der Waals surface area contributed by atoms with Crippen LogP contribution in [0.3, 0.4) is 0 Å². The van der Waals surface area contributed by atoms with Crippen LogP contribution in [0.5, 0.6) is 0 Å².